The summed E-state index contributed by atoms with van der Waals surface area (Å²) in [6.07, 6.45) is 17.9. The molecule has 0 aromatic carbocycles. The Hall–Kier alpha value is -1.94. The van der Waals surface area contributed by atoms with Crippen molar-refractivity contribution in [1.82, 2.24) is 16.0 Å². The first-order valence-electron chi connectivity index (χ1n) is 14.7. The highest BCUT2D eigenvalue weighted by atomic mass is 16.2. The average molecular weight is 563 g/mol. The second kappa shape index (κ2) is 56.3. The van der Waals surface area contributed by atoms with Gasteiger partial charge in [0.25, 0.3) is 0 Å². The van der Waals surface area contributed by atoms with Crippen LogP contribution in [0.5, 0.6) is 0 Å². The highest BCUT2D eigenvalue weighted by Crippen LogP contribution is 2.25. The molecule has 9 heteroatoms. The van der Waals surface area contributed by atoms with Crippen molar-refractivity contribution in [2.75, 3.05) is 34.3 Å². The number of aldehydes is 3. The van der Waals surface area contributed by atoms with E-state index in [-0.39, 0.29) is 25.0 Å². The minimum Gasteiger partial charge on any atom is -0.400 e. The van der Waals surface area contributed by atoms with E-state index in [1.807, 2.05) is 47.9 Å². The predicted molar refractivity (Wildman–Crippen MR) is 168 cm³/mol. The summed E-state index contributed by atoms with van der Waals surface area (Å²) in [5, 5.41) is 16.8. The quantitative estimate of drug-likeness (QED) is 0.0862. The molecule has 0 saturated heterocycles. The van der Waals surface area contributed by atoms with Crippen LogP contribution in [-0.2, 0) is 19.2 Å². The first kappa shape index (κ1) is 50.0. The maximum Gasteiger partial charge on any atom is 0.204 e. The Morgan fingerprint density at radius 1 is 0.897 bits per heavy atom. The highest BCUT2D eigenvalue weighted by molar-refractivity contribution is 6.09. The molecule has 1 aliphatic rings. The molecule has 1 aliphatic carbocycles. The lowest BCUT2D eigenvalue weighted by Crippen LogP contribution is -2.35. The minimum absolute atomic E-state index is 0.107. The summed E-state index contributed by atoms with van der Waals surface area (Å²) in [4.78, 5) is 36.8. The molecule has 0 spiro atoms. The van der Waals surface area contributed by atoms with Crippen molar-refractivity contribution in [3.8, 4) is 0 Å². The van der Waals surface area contributed by atoms with Gasteiger partial charge in [0.1, 0.15) is 6.29 Å². The molecule has 0 aromatic rings. The van der Waals surface area contributed by atoms with Gasteiger partial charge in [0.05, 0.1) is 6.04 Å². The van der Waals surface area contributed by atoms with Gasteiger partial charge in [-0.05, 0) is 58.7 Å². The van der Waals surface area contributed by atoms with E-state index in [1.54, 1.807) is 0 Å². The molecule has 2 unspecified atom stereocenters. The van der Waals surface area contributed by atoms with E-state index in [2.05, 4.69) is 35.2 Å². The molecule has 2 atom stereocenters. The van der Waals surface area contributed by atoms with Crippen LogP contribution in [-0.4, -0.2) is 76.8 Å². The van der Waals surface area contributed by atoms with Gasteiger partial charge in [0.2, 0.25) is 6.41 Å². The molecule has 236 valence electrons. The molecule has 9 nitrogen and oxygen atoms in total. The number of amides is 1. The standard InChI is InChI=1S/C13H28N2.C9H17NO.C2H2O2.2C2H6.CH3NO.CH4O/c1-4-6-9-13(15-11-5-2)10-7-8-12-14-3;1-10-9(7-11)8-5-3-2-4-6-8;3-1-2-4;2*1-2;2-1-3;1-2/h5,13-15H,2,4,6-12H2,1,3H3;7-10H,2-6H2,1H3;1-2H;2*1-2H3;1H,(H2,2,3);2H,1H3. The van der Waals surface area contributed by atoms with Crippen molar-refractivity contribution >= 4 is 25.3 Å². The molecular weight excluding hydrogens is 496 g/mol. The lowest BCUT2D eigenvalue weighted by molar-refractivity contribution is -0.122. The van der Waals surface area contributed by atoms with Crippen molar-refractivity contribution in [3.63, 3.8) is 0 Å². The molecular formula is C30H66N4O5. The Balaban J connectivity index is -0.0000000989. The fourth-order valence-electron chi connectivity index (χ4n) is 3.65. The van der Waals surface area contributed by atoms with Crippen molar-refractivity contribution in [2.24, 2.45) is 11.7 Å². The van der Waals surface area contributed by atoms with Crippen LogP contribution in [0.3, 0.4) is 0 Å². The molecule has 1 amide bonds. The van der Waals surface area contributed by atoms with Gasteiger partial charge >= 0.3 is 0 Å². The summed E-state index contributed by atoms with van der Waals surface area (Å²) in [7, 11) is 4.89. The normalized spacial score (nSPS) is 12.6. The van der Waals surface area contributed by atoms with Gasteiger partial charge in [-0.15, -0.1) is 6.58 Å². The zero-order chi connectivity index (χ0) is 31.6. The number of hydrogen-bond donors (Lipinski definition) is 5. The molecule has 1 saturated carbocycles. The number of nitrogens with two attached hydrogens (primary N) is 1. The highest BCUT2D eigenvalue weighted by Gasteiger charge is 2.21. The largest absolute Gasteiger partial charge is 0.400 e. The fraction of sp³-hybridized carbons (Fsp3) is 0.800. The number of carbonyl (C=O) groups excluding carboxylic acids is 4. The molecule has 0 aromatic heterocycles. The van der Waals surface area contributed by atoms with Crippen LogP contribution in [0.4, 0.5) is 0 Å². The summed E-state index contributed by atoms with van der Waals surface area (Å²) < 4.78 is 0. The van der Waals surface area contributed by atoms with Gasteiger partial charge in [0.15, 0.2) is 12.6 Å². The van der Waals surface area contributed by atoms with Gasteiger partial charge in [-0.2, -0.15) is 0 Å². The van der Waals surface area contributed by atoms with E-state index in [1.165, 1.54) is 70.6 Å². The van der Waals surface area contributed by atoms with Crippen molar-refractivity contribution in [1.29, 1.82) is 0 Å². The Labute approximate surface area is 241 Å². The second-order valence-electron chi connectivity index (χ2n) is 7.89. The number of carbonyl (C=O) groups is 4. The van der Waals surface area contributed by atoms with Crippen molar-refractivity contribution < 1.29 is 24.3 Å². The van der Waals surface area contributed by atoms with Crippen LogP contribution in [0.15, 0.2) is 12.7 Å². The van der Waals surface area contributed by atoms with Crippen molar-refractivity contribution in [3.05, 3.63) is 12.7 Å². The third-order valence-corrected chi connectivity index (χ3v) is 5.38. The summed E-state index contributed by atoms with van der Waals surface area (Å²) in [6, 6.07) is 0.801. The van der Waals surface area contributed by atoms with E-state index in [9.17, 15) is 4.79 Å². The van der Waals surface area contributed by atoms with Crippen LogP contribution in [0.2, 0.25) is 0 Å². The fourth-order valence-corrected chi connectivity index (χ4v) is 3.65. The molecule has 0 radical (unpaired) electrons. The van der Waals surface area contributed by atoms with Crippen LogP contribution in [0.1, 0.15) is 105 Å². The van der Waals surface area contributed by atoms with Crippen LogP contribution in [0, 0.1) is 5.92 Å². The van der Waals surface area contributed by atoms with E-state index >= 15 is 0 Å². The minimum atomic E-state index is 0.107. The zero-order valence-corrected chi connectivity index (χ0v) is 26.7. The monoisotopic (exact) mass is 563 g/mol. The number of hydrogen-bond acceptors (Lipinski definition) is 8. The number of aliphatic hydroxyl groups excluding tert-OH is 1. The lowest BCUT2D eigenvalue weighted by Gasteiger charge is -2.25. The summed E-state index contributed by atoms with van der Waals surface area (Å²) >= 11 is 0. The Morgan fingerprint density at radius 2 is 1.38 bits per heavy atom. The van der Waals surface area contributed by atoms with E-state index in [0.717, 1.165) is 26.5 Å². The number of nitrogens with one attached hydrogen (secondary N) is 3. The molecule has 6 N–H and O–H groups in total. The lowest BCUT2D eigenvalue weighted by atomic mass is 9.84. The average Bonchev–Trinajstić information content (AvgIpc) is 3.01. The van der Waals surface area contributed by atoms with Crippen LogP contribution < -0.4 is 21.7 Å². The second-order valence-corrected chi connectivity index (χ2v) is 7.89. The van der Waals surface area contributed by atoms with E-state index in [0.29, 0.717) is 12.0 Å². The van der Waals surface area contributed by atoms with E-state index in [4.69, 9.17) is 19.5 Å². The number of primary amides is 1. The smallest absolute Gasteiger partial charge is 0.204 e. The number of rotatable bonds is 15. The molecule has 0 aliphatic heterocycles. The van der Waals surface area contributed by atoms with Gasteiger partial charge < -0.3 is 31.6 Å². The first-order chi connectivity index (χ1) is 19.1. The van der Waals surface area contributed by atoms with Crippen molar-refractivity contribution in [2.45, 2.75) is 117 Å². The van der Waals surface area contributed by atoms with Gasteiger partial charge in [-0.25, -0.2) is 0 Å². The summed E-state index contributed by atoms with van der Waals surface area (Å²) in [5.74, 6) is 0.603. The van der Waals surface area contributed by atoms with Gasteiger partial charge in [-0.3, -0.25) is 14.4 Å². The maximum absolute atomic E-state index is 10.6. The van der Waals surface area contributed by atoms with Gasteiger partial charge in [0, 0.05) is 19.7 Å². The Kier molecular flexibility index (Phi) is 72.1. The maximum atomic E-state index is 10.6. The molecule has 1 fully saturated rings. The summed E-state index contributed by atoms with van der Waals surface area (Å²) in [5.41, 5.74) is 4.17. The summed E-state index contributed by atoms with van der Waals surface area (Å²) in [6.45, 7) is 16.1. The molecule has 39 heavy (non-hydrogen) atoms. The molecule has 0 heterocycles. The van der Waals surface area contributed by atoms with Crippen LogP contribution in [0.25, 0.3) is 0 Å². The first-order valence-corrected chi connectivity index (χ1v) is 14.7. The number of likely N-dealkylation sites (N-methyl/N-ethyl adjacent to an activating group) is 1. The molecule has 0 bridgehead atoms. The predicted octanol–water partition coefficient (Wildman–Crippen LogP) is 4.21. The number of aliphatic hydroxyl groups is 1. The molecule has 1 rings (SSSR count). The number of unbranched alkanes of at least 4 members (excludes halogenated alkanes) is 2. The third kappa shape index (κ3) is 49.5. The topological polar surface area (TPSA) is 151 Å². The Bertz CT molecular complexity index is 443. The zero-order valence-electron chi connectivity index (χ0n) is 26.7. The third-order valence-electron chi connectivity index (χ3n) is 5.38. The SMILES string of the molecule is C=CCNC(CCCC)CCCCNC.CC.CC.CNC(C=O)C1CCCCC1.CO.NC=O.O=CC=O. The Morgan fingerprint density at radius 3 is 1.74 bits per heavy atom. The van der Waals surface area contributed by atoms with E-state index < -0.39 is 0 Å². The van der Waals surface area contributed by atoms with Crippen LogP contribution >= 0.6 is 0 Å². The van der Waals surface area contributed by atoms with Gasteiger partial charge in [-0.1, -0.05) is 79.2 Å².